The summed E-state index contributed by atoms with van der Waals surface area (Å²) in [7, 11) is 0. The molecule has 132 valence electrons. The van der Waals surface area contributed by atoms with Gasteiger partial charge in [0.05, 0.1) is 12.2 Å². The Balaban J connectivity index is 2.03. The number of carbonyl (C=O) groups excluding carboxylic acids is 2. The van der Waals surface area contributed by atoms with E-state index in [1.54, 1.807) is 32.0 Å². The average molecular weight is 341 g/mol. The Bertz CT molecular complexity index is 770. The van der Waals surface area contributed by atoms with E-state index in [1.165, 1.54) is 0 Å². The van der Waals surface area contributed by atoms with Crippen LogP contribution in [0.1, 0.15) is 35.3 Å². The van der Waals surface area contributed by atoms with Gasteiger partial charge in [0.25, 0.3) is 5.91 Å². The molecule has 0 fully saturated rings. The Labute approximate surface area is 148 Å². The van der Waals surface area contributed by atoms with Gasteiger partial charge in [-0.1, -0.05) is 12.1 Å². The minimum absolute atomic E-state index is 0.256. The van der Waals surface area contributed by atoms with Crippen LogP contribution in [-0.2, 0) is 9.53 Å². The first-order valence-electron chi connectivity index (χ1n) is 8.22. The summed E-state index contributed by atoms with van der Waals surface area (Å²) in [5.41, 5.74) is 2.94. The van der Waals surface area contributed by atoms with Crippen molar-refractivity contribution in [1.82, 2.24) is 0 Å². The van der Waals surface area contributed by atoms with Crippen LogP contribution in [0, 0.1) is 13.8 Å². The van der Waals surface area contributed by atoms with E-state index < -0.39 is 6.10 Å². The third kappa shape index (κ3) is 5.08. The number of benzene rings is 2. The molecule has 5 heteroatoms. The molecule has 2 aromatic carbocycles. The van der Waals surface area contributed by atoms with E-state index in [2.05, 4.69) is 5.32 Å². The van der Waals surface area contributed by atoms with Crippen LogP contribution >= 0.6 is 0 Å². The first-order chi connectivity index (χ1) is 11.9. The zero-order chi connectivity index (χ0) is 18.4. The lowest BCUT2D eigenvalue weighted by molar-refractivity contribution is -0.122. The highest BCUT2D eigenvalue weighted by Crippen LogP contribution is 2.19. The highest BCUT2D eigenvalue weighted by atomic mass is 16.5. The number of hydrogen-bond donors (Lipinski definition) is 1. The van der Waals surface area contributed by atoms with Crippen LogP contribution < -0.4 is 10.1 Å². The van der Waals surface area contributed by atoms with Gasteiger partial charge in [-0.15, -0.1) is 0 Å². The summed E-state index contributed by atoms with van der Waals surface area (Å²) in [5, 5.41) is 2.83. The van der Waals surface area contributed by atoms with Crippen LogP contribution in [0.3, 0.4) is 0 Å². The molecule has 0 aliphatic carbocycles. The lowest BCUT2D eigenvalue weighted by Crippen LogP contribution is -2.30. The zero-order valence-electron chi connectivity index (χ0n) is 15.0. The number of aryl methyl sites for hydroxylation is 2. The molecule has 1 unspecified atom stereocenters. The van der Waals surface area contributed by atoms with Crippen LogP contribution in [0.4, 0.5) is 5.69 Å². The number of nitrogens with one attached hydrogen (secondary N) is 1. The quantitative estimate of drug-likeness (QED) is 0.810. The second-order valence-corrected chi connectivity index (χ2v) is 5.82. The van der Waals surface area contributed by atoms with Crippen molar-refractivity contribution in [1.29, 1.82) is 0 Å². The van der Waals surface area contributed by atoms with Crippen molar-refractivity contribution in [2.75, 3.05) is 11.9 Å². The lowest BCUT2D eigenvalue weighted by atomic mass is 10.1. The van der Waals surface area contributed by atoms with Crippen molar-refractivity contribution < 1.29 is 19.1 Å². The van der Waals surface area contributed by atoms with Gasteiger partial charge in [-0.05, 0) is 69.2 Å². The maximum Gasteiger partial charge on any atom is 0.338 e. The van der Waals surface area contributed by atoms with E-state index in [0.717, 1.165) is 11.1 Å². The molecule has 1 amide bonds. The van der Waals surface area contributed by atoms with Crippen LogP contribution in [-0.4, -0.2) is 24.6 Å². The predicted molar refractivity (Wildman–Crippen MR) is 97.0 cm³/mol. The summed E-state index contributed by atoms with van der Waals surface area (Å²) < 4.78 is 10.6. The normalized spacial score (nSPS) is 11.5. The molecule has 5 nitrogen and oxygen atoms in total. The fourth-order valence-corrected chi connectivity index (χ4v) is 2.33. The van der Waals surface area contributed by atoms with Gasteiger partial charge in [0.15, 0.2) is 6.10 Å². The number of carbonyl (C=O) groups is 2. The van der Waals surface area contributed by atoms with Crippen LogP contribution in [0.15, 0.2) is 42.5 Å². The largest absolute Gasteiger partial charge is 0.481 e. The summed E-state index contributed by atoms with van der Waals surface area (Å²) in [5.74, 6) is 0.0187. The highest BCUT2D eigenvalue weighted by Gasteiger charge is 2.16. The molecule has 0 radical (unpaired) electrons. The van der Waals surface area contributed by atoms with E-state index >= 15 is 0 Å². The summed E-state index contributed by atoms with van der Waals surface area (Å²) >= 11 is 0. The molecule has 0 saturated heterocycles. The molecular weight excluding hydrogens is 318 g/mol. The average Bonchev–Trinajstić information content (AvgIpc) is 2.56. The Hall–Kier alpha value is -2.82. The van der Waals surface area contributed by atoms with E-state index in [4.69, 9.17) is 9.47 Å². The van der Waals surface area contributed by atoms with Gasteiger partial charge in [-0.25, -0.2) is 4.79 Å². The number of rotatable bonds is 6. The standard InChI is InChI=1S/C20H23NO4/c1-5-24-20(23)16-9-10-18(14(3)12-16)21-19(22)15(4)25-17-8-6-7-13(2)11-17/h6-12,15H,5H2,1-4H3,(H,21,22). The Morgan fingerprint density at radius 2 is 1.88 bits per heavy atom. The van der Waals surface area contributed by atoms with E-state index in [1.807, 2.05) is 38.1 Å². The molecule has 2 rings (SSSR count). The monoisotopic (exact) mass is 341 g/mol. The lowest BCUT2D eigenvalue weighted by Gasteiger charge is -2.16. The molecule has 2 aromatic rings. The summed E-state index contributed by atoms with van der Waals surface area (Å²) in [6, 6.07) is 12.6. The molecule has 0 aliphatic heterocycles. The van der Waals surface area contributed by atoms with Crippen molar-refractivity contribution in [3.05, 3.63) is 59.2 Å². The second-order valence-electron chi connectivity index (χ2n) is 5.82. The molecule has 1 N–H and O–H groups in total. The minimum Gasteiger partial charge on any atom is -0.481 e. The Kier molecular flexibility index (Phi) is 6.17. The van der Waals surface area contributed by atoms with Crippen molar-refractivity contribution in [3.63, 3.8) is 0 Å². The van der Waals surface area contributed by atoms with E-state index in [9.17, 15) is 9.59 Å². The molecule has 1 atom stereocenters. The Morgan fingerprint density at radius 1 is 1.12 bits per heavy atom. The van der Waals surface area contributed by atoms with Gasteiger partial charge in [0.1, 0.15) is 5.75 Å². The maximum absolute atomic E-state index is 12.3. The third-order valence-corrected chi connectivity index (χ3v) is 3.67. The minimum atomic E-state index is -0.647. The van der Waals surface area contributed by atoms with Gasteiger partial charge in [0.2, 0.25) is 0 Å². The maximum atomic E-state index is 12.3. The molecule has 0 bridgehead atoms. The van der Waals surface area contributed by atoms with Crippen LogP contribution in [0.25, 0.3) is 0 Å². The number of hydrogen-bond acceptors (Lipinski definition) is 4. The number of ether oxygens (including phenoxy) is 2. The molecule has 25 heavy (non-hydrogen) atoms. The summed E-state index contributed by atoms with van der Waals surface area (Å²) in [6.07, 6.45) is -0.647. The first-order valence-corrected chi connectivity index (χ1v) is 8.22. The summed E-state index contributed by atoms with van der Waals surface area (Å²) in [6.45, 7) is 7.57. The molecule has 0 aromatic heterocycles. The van der Waals surface area contributed by atoms with Crippen molar-refractivity contribution in [3.8, 4) is 5.75 Å². The number of esters is 1. The fraction of sp³-hybridized carbons (Fsp3) is 0.300. The van der Waals surface area contributed by atoms with Gasteiger partial charge in [0, 0.05) is 5.69 Å². The molecule has 0 spiro atoms. The third-order valence-electron chi connectivity index (χ3n) is 3.67. The van der Waals surface area contributed by atoms with Crippen LogP contribution in [0.2, 0.25) is 0 Å². The summed E-state index contributed by atoms with van der Waals surface area (Å²) in [4.78, 5) is 24.1. The second kappa shape index (κ2) is 8.33. The highest BCUT2D eigenvalue weighted by molar-refractivity contribution is 5.96. The Morgan fingerprint density at radius 3 is 2.52 bits per heavy atom. The van der Waals surface area contributed by atoms with Gasteiger partial charge < -0.3 is 14.8 Å². The molecule has 0 aliphatic rings. The number of amides is 1. The topological polar surface area (TPSA) is 64.6 Å². The fourth-order valence-electron chi connectivity index (χ4n) is 2.33. The molecular formula is C20H23NO4. The van der Waals surface area contributed by atoms with Crippen molar-refractivity contribution in [2.45, 2.75) is 33.8 Å². The van der Waals surface area contributed by atoms with E-state index in [-0.39, 0.29) is 11.9 Å². The SMILES string of the molecule is CCOC(=O)c1ccc(NC(=O)C(C)Oc2cccc(C)c2)c(C)c1. The van der Waals surface area contributed by atoms with Crippen molar-refractivity contribution >= 4 is 17.6 Å². The van der Waals surface area contributed by atoms with Crippen LogP contribution in [0.5, 0.6) is 5.75 Å². The van der Waals surface area contributed by atoms with Crippen molar-refractivity contribution in [2.24, 2.45) is 0 Å². The van der Waals surface area contributed by atoms with Gasteiger partial charge in [-0.2, -0.15) is 0 Å². The van der Waals surface area contributed by atoms with Gasteiger partial charge >= 0.3 is 5.97 Å². The molecule has 0 heterocycles. The van der Waals surface area contributed by atoms with Gasteiger partial charge in [-0.3, -0.25) is 4.79 Å². The predicted octanol–water partition coefficient (Wildman–Crippen LogP) is 3.89. The first kappa shape index (κ1) is 18.5. The smallest absolute Gasteiger partial charge is 0.338 e. The molecule has 0 saturated carbocycles. The van der Waals surface area contributed by atoms with E-state index in [0.29, 0.717) is 23.6 Å². The zero-order valence-corrected chi connectivity index (χ0v) is 15.0. The number of anilines is 1.